The van der Waals surface area contributed by atoms with Gasteiger partial charge in [0.2, 0.25) is 0 Å². The fourth-order valence-corrected chi connectivity index (χ4v) is 3.20. The van der Waals surface area contributed by atoms with E-state index in [1.165, 1.54) is 24.1 Å². The Morgan fingerprint density at radius 2 is 1.70 bits per heavy atom. The summed E-state index contributed by atoms with van der Waals surface area (Å²) in [5.41, 5.74) is -2.46. The average Bonchev–Trinajstić information content (AvgIpc) is 2.59. The van der Waals surface area contributed by atoms with Gasteiger partial charge in [-0.1, -0.05) is 18.2 Å². The van der Waals surface area contributed by atoms with E-state index in [1.807, 2.05) is 0 Å². The summed E-state index contributed by atoms with van der Waals surface area (Å²) in [5, 5.41) is 0. The second kappa shape index (κ2) is 7.40. The van der Waals surface area contributed by atoms with Crippen LogP contribution >= 0.6 is 0 Å². The van der Waals surface area contributed by atoms with E-state index < -0.39 is 34.8 Å². The van der Waals surface area contributed by atoms with Crippen LogP contribution in [0.3, 0.4) is 0 Å². The lowest BCUT2D eigenvalue weighted by Gasteiger charge is -2.40. The van der Waals surface area contributed by atoms with Crippen LogP contribution in [0.25, 0.3) is 0 Å². The van der Waals surface area contributed by atoms with Crippen LogP contribution in [0.4, 0.5) is 18.0 Å². The Bertz CT molecular complexity index is 702. The molecule has 8 heteroatoms. The van der Waals surface area contributed by atoms with Gasteiger partial charge in [-0.2, -0.15) is 13.2 Å². The van der Waals surface area contributed by atoms with Crippen molar-refractivity contribution in [2.75, 3.05) is 20.2 Å². The minimum Gasteiger partial charge on any atom is -0.468 e. The highest BCUT2D eigenvalue weighted by Crippen LogP contribution is 2.39. The Labute approximate surface area is 156 Å². The van der Waals surface area contributed by atoms with Gasteiger partial charge in [0.05, 0.1) is 18.1 Å². The van der Waals surface area contributed by atoms with Crippen molar-refractivity contribution >= 4 is 12.1 Å². The van der Waals surface area contributed by atoms with Crippen molar-refractivity contribution in [2.24, 2.45) is 0 Å². The molecule has 0 N–H and O–H groups in total. The van der Waals surface area contributed by atoms with E-state index in [-0.39, 0.29) is 31.5 Å². The Hall–Kier alpha value is -2.25. The molecule has 0 radical (unpaired) electrons. The van der Waals surface area contributed by atoms with Crippen molar-refractivity contribution < 1.29 is 32.2 Å². The van der Waals surface area contributed by atoms with Crippen molar-refractivity contribution in [1.29, 1.82) is 0 Å². The number of hydrogen-bond acceptors (Lipinski definition) is 4. The van der Waals surface area contributed by atoms with E-state index in [0.29, 0.717) is 0 Å². The smallest absolute Gasteiger partial charge is 0.416 e. The van der Waals surface area contributed by atoms with Crippen LogP contribution in [0.2, 0.25) is 0 Å². The first kappa shape index (κ1) is 21.1. The number of carbonyl (C=O) groups excluding carboxylic acids is 2. The van der Waals surface area contributed by atoms with Crippen LogP contribution in [-0.2, 0) is 25.9 Å². The van der Waals surface area contributed by atoms with Crippen LogP contribution < -0.4 is 0 Å². The fourth-order valence-electron chi connectivity index (χ4n) is 3.20. The maximum atomic E-state index is 13.1. The lowest BCUT2D eigenvalue weighted by molar-refractivity contribution is -0.150. The Kier molecular flexibility index (Phi) is 5.77. The maximum Gasteiger partial charge on any atom is 0.416 e. The number of methoxy groups -OCH3 is 1. The molecule has 2 rings (SSSR count). The van der Waals surface area contributed by atoms with E-state index in [4.69, 9.17) is 9.47 Å². The molecular formula is C19H24F3NO4. The predicted octanol–water partition coefficient (Wildman–Crippen LogP) is 4.15. The van der Waals surface area contributed by atoms with E-state index in [0.717, 1.165) is 12.1 Å². The zero-order valence-electron chi connectivity index (χ0n) is 15.9. The van der Waals surface area contributed by atoms with E-state index in [1.54, 1.807) is 20.8 Å². The molecule has 1 aromatic carbocycles. The Morgan fingerprint density at radius 1 is 1.11 bits per heavy atom. The van der Waals surface area contributed by atoms with Crippen molar-refractivity contribution in [1.82, 2.24) is 4.90 Å². The molecule has 0 aliphatic carbocycles. The lowest BCUT2D eigenvalue weighted by Crippen LogP contribution is -2.50. The van der Waals surface area contributed by atoms with Crippen molar-refractivity contribution in [3.8, 4) is 0 Å². The molecule has 1 aliphatic rings. The predicted molar refractivity (Wildman–Crippen MR) is 92.2 cm³/mol. The zero-order chi connectivity index (χ0) is 20.5. The minimum absolute atomic E-state index is 0.153. The molecule has 5 nitrogen and oxygen atoms in total. The molecule has 1 aliphatic heterocycles. The number of ether oxygens (including phenoxy) is 2. The standard InChI is InChI=1S/C19H24F3NO4/c1-17(2,3)27-16(25)23-10-8-18(9-11-23,15(24)26-4)13-6-5-7-14(12-13)19(20,21)22/h5-7,12H,8-11H2,1-4H3. The van der Waals surface area contributed by atoms with E-state index >= 15 is 0 Å². The highest BCUT2D eigenvalue weighted by Gasteiger charge is 2.46. The van der Waals surface area contributed by atoms with Crippen LogP contribution in [0.1, 0.15) is 44.7 Å². The molecular weight excluding hydrogens is 363 g/mol. The summed E-state index contributed by atoms with van der Waals surface area (Å²) < 4.78 is 49.5. The van der Waals surface area contributed by atoms with E-state index in [2.05, 4.69) is 0 Å². The lowest BCUT2D eigenvalue weighted by atomic mass is 9.72. The number of hydrogen-bond donors (Lipinski definition) is 0. The third-order valence-corrected chi connectivity index (χ3v) is 4.59. The Morgan fingerprint density at radius 3 is 2.19 bits per heavy atom. The summed E-state index contributed by atoms with van der Waals surface area (Å²) in [5.74, 6) is -0.606. The third kappa shape index (κ3) is 4.73. The zero-order valence-corrected chi connectivity index (χ0v) is 15.9. The topological polar surface area (TPSA) is 55.8 Å². The summed E-state index contributed by atoms with van der Waals surface area (Å²) in [6, 6.07) is 4.72. The number of nitrogens with zero attached hydrogens (tertiary/aromatic N) is 1. The molecule has 0 saturated carbocycles. The first-order valence-electron chi connectivity index (χ1n) is 8.63. The number of alkyl halides is 3. The number of piperidine rings is 1. The molecule has 0 spiro atoms. The summed E-state index contributed by atoms with van der Waals surface area (Å²) in [6.45, 7) is 5.60. The molecule has 1 fully saturated rings. The van der Waals surface area contributed by atoms with Gasteiger partial charge in [0.25, 0.3) is 0 Å². The first-order valence-corrected chi connectivity index (χ1v) is 8.63. The Balaban J connectivity index is 2.29. The number of benzene rings is 1. The summed E-state index contributed by atoms with van der Waals surface area (Å²) in [7, 11) is 1.21. The molecule has 0 bridgehead atoms. The number of amides is 1. The number of carbonyl (C=O) groups is 2. The van der Waals surface area contributed by atoms with Gasteiger partial charge >= 0.3 is 18.2 Å². The van der Waals surface area contributed by atoms with Gasteiger partial charge in [-0.25, -0.2) is 4.79 Å². The molecule has 1 saturated heterocycles. The fraction of sp³-hybridized carbons (Fsp3) is 0.579. The number of likely N-dealkylation sites (tertiary alicyclic amines) is 1. The quantitative estimate of drug-likeness (QED) is 0.716. The third-order valence-electron chi connectivity index (χ3n) is 4.59. The van der Waals surface area contributed by atoms with Gasteiger partial charge in [-0.05, 0) is 45.2 Å². The van der Waals surface area contributed by atoms with Crippen molar-refractivity contribution in [3.05, 3.63) is 35.4 Å². The van der Waals surface area contributed by atoms with Crippen LogP contribution in [0, 0.1) is 0 Å². The van der Waals surface area contributed by atoms with Crippen LogP contribution in [0.5, 0.6) is 0 Å². The van der Waals surface area contributed by atoms with Gasteiger partial charge in [-0.15, -0.1) is 0 Å². The number of rotatable bonds is 2. The summed E-state index contributed by atoms with van der Waals surface area (Å²) in [6.07, 6.45) is -4.71. The summed E-state index contributed by atoms with van der Waals surface area (Å²) >= 11 is 0. The van der Waals surface area contributed by atoms with E-state index in [9.17, 15) is 22.8 Å². The first-order chi connectivity index (χ1) is 12.4. The van der Waals surface area contributed by atoms with Crippen LogP contribution in [0.15, 0.2) is 24.3 Å². The molecule has 1 aromatic rings. The monoisotopic (exact) mass is 387 g/mol. The van der Waals surface area contributed by atoms with Gasteiger partial charge in [0.15, 0.2) is 0 Å². The van der Waals surface area contributed by atoms with Gasteiger partial charge in [-0.3, -0.25) is 4.79 Å². The van der Waals surface area contributed by atoms with Crippen molar-refractivity contribution in [3.63, 3.8) is 0 Å². The van der Waals surface area contributed by atoms with Gasteiger partial charge in [0.1, 0.15) is 5.60 Å². The summed E-state index contributed by atoms with van der Waals surface area (Å²) in [4.78, 5) is 26.2. The molecule has 150 valence electrons. The molecule has 1 amide bonds. The highest BCUT2D eigenvalue weighted by atomic mass is 19.4. The molecule has 27 heavy (non-hydrogen) atoms. The number of halogens is 3. The van der Waals surface area contributed by atoms with Gasteiger partial charge in [0, 0.05) is 13.1 Å². The largest absolute Gasteiger partial charge is 0.468 e. The maximum absolute atomic E-state index is 13.1. The average molecular weight is 387 g/mol. The molecule has 0 aromatic heterocycles. The molecule has 1 heterocycles. The number of esters is 1. The molecule has 0 atom stereocenters. The van der Waals surface area contributed by atoms with Gasteiger partial charge < -0.3 is 14.4 Å². The SMILES string of the molecule is COC(=O)C1(c2cccc(C(F)(F)F)c2)CCN(C(=O)OC(C)(C)C)CC1. The normalized spacial score (nSPS) is 17.4. The molecule has 0 unspecified atom stereocenters. The van der Waals surface area contributed by atoms with Crippen molar-refractivity contribution in [2.45, 2.75) is 50.8 Å². The second-order valence-electron chi connectivity index (χ2n) is 7.62. The highest BCUT2D eigenvalue weighted by molar-refractivity contribution is 5.84. The minimum atomic E-state index is -4.51. The van der Waals surface area contributed by atoms with Crippen LogP contribution in [-0.4, -0.2) is 42.8 Å². The second-order valence-corrected chi connectivity index (χ2v) is 7.62.